The molecule has 0 bridgehead atoms. The molecule has 19 heavy (non-hydrogen) atoms. The summed E-state index contributed by atoms with van der Waals surface area (Å²) in [5, 5.41) is 0.886. The van der Waals surface area contributed by atoms with Crippen molar-refractivity contribution in [2.45, 2.75) is 24.3 Å². The Morgan fingerprint density at radius 1 is 1.05 bits per heavy atom. The molecule has 1 aliphatic heterocycles. The molecule has 1 atom stereocenters. The number of rotatable bonds is 3. The number of benzene rings is 2. The lowest BCUT2D eigenvalue weighted by molar-refractivity contribution is 0.112. The van der Waals surface area contributed by atoms with E-state index in [0.29, 0.717) is 6.10 Å². The molecule has 2 aromatic rings. The first-order valence-corrected chi connectivity index (χ1v) is 7.86. The molecule has 3 rings (SSSR count). The number of halogens is 1. The van der Waals surface area contributed by atoms with Crippen molar-refractivity contribution < 1.29 is 4.74 Å². The molecular weight excluding hydrogens is 300 g/mol. The van der Waals surface area contributed by atoms with Gasteiger partial charge in [-0.25, -0.2) is 0 Å². The third-order valence-corrected chi connectivity index (χ3v) is 4.29. The van der Waals surface area contributed by atoms with Gasteiger partial charge in [0.1, 0.15) is 0 Å². The van der Waals surface area contributed by atoms with E-state index in [1.54, 1.807) is 0 Å². The first kappa shape index (κ1) is 12.9. The predicted octanol–water partition coefficient (Wildman–Crippen LogP) is 5.10. The predicted molar refractivity (Wildman–Crippen MR) is 82.4 cm³/mol. The van der Waals surface area contributed by atoms with Gasteiger partial charge in [-0.1, -0.05) is 64.5 Å². The highest BCUT2D eigenvalue weighted by Crippen LogP contribution is 2.31. The van der Waals surface area contributed by atoms with Gasteiger partial charge in [-0.05, 0) is 35.1 Å². The zero-order valence-electron chi connectivity index (χ0n) is 10.8. The topological polar surface area (TPSA) is 9.23 Å². The van der Waals surface area contributed by atoms with E-state index in [9.17, 15) is 0 Å². The van der Waals surface area contributed by atoms with Gasteiger partial charge < -0.3 is 4.74 Å². The molecule has 0 amide bonds. The van der Waals surface area contributed by atoms with E-state index >= 15 is 0 Å². The van der Waals surface area contributed by atoms with Gasteiger partial charge in [-0.2, -0.15) is 0 Å². The minimum atomic E-state index is 0.306. The Morgan fingerprint density at radius 2 is 1.84 bits per heavy atom. The minimum Gasteiger partial charge on any atom is -0.374 e. The van der Waals surface area contributed by atoms with Crippen LogP contribution in [0.2, 0.25) is 0 Å². The fourth-order valence-corrected chi connectivity index (χ4v) is 3.13. The molecule has 1 saturated heterocycles. The third-order valence-electron chi connectivity index (χ3n) is 3.68. The second kappa shape index (κ2) is 5.89. The first-order chi connectivity index (χ1) is 9.38. The summed E-state index contributed by atoms with van der Waals surface area (Å²) >= 11 is 3.55. The molecule has 0 radical (unpaired) electrons. The largest absolute Gasteiger partial charge is 0.374 e. The second-order valence-corrected chi connectivity index (χ2v) is 5.48. The van der Waals surface area contributed by atoms with Crippen LogP contribution < -0.4 is 0 Å². The van der Waals surface area contributed by atoms with Crippen molar-refractivity contribution >= 4 is 15.9 Å². The lowest BCUT2D eigenvalue weighted by Gasteiger charge is -2.12. The monoisotopic (exact) mass is 316 g/mol. The standard InChI is InChI=1S/C17H17BrO/c18-12-15-4-1-2-5-16(15)13-7-9-14(10-8-13)17-6-3-11-19-17/h1-2,4-5,7-10,17H,3,6,11-12H2. The highest BCUT2D eigenvalue weighted by atomic mass is 79.9. The Balaban J connectivity index is 1.89. The van der Waals surface area contributed by atoms with E-state index in [1.807, 2.05) is 0 Å². The average molecular weight is 317 g/mol. The molecule has 2 heteroatoms. The van der Waals surface area contributed by atoms with Crippen molar-refractivity contribution in [1.29, 1.82) is 0 Å². The minimum absolute atomic E-state index is 0.306. The molecular formula is C17H17BrO. The summed E-state index contributed by atoms with van der Waals surface area (Å²) in [5.41, 5.74) is 5.21. The quantitative estimate of drug-likeness (QED) is 0.716. The highest BCUT2D eigenvalue weighted by molar-refractivity contribution is 9.08. The smallest absolute Gasteiger partial charge is 0.0825 e. The molecule has 0 spiro atoms. The molecule has 1 nitrogen and oxygen atoms in total. The van der Waals surface area contributed by atoms with Gasteiger partial charge in [0.25, 0.3) is 0 Å². The van der Waals surface area contributed by atoms with Crippen LogP contribution in [-0.4, -0.2) is 6.61 Å². The summed E-state index contributed by atoms with van der Waals surface area (Å²) in [6.07, 6.45) is 2.64. The number of ether oxygens (including phenoxy) is 1. The molecule has 0 aliphatic carbocycles. The number of hydrogen-bond acceptors (Lipinski definition) is 1. The van der Waals surface area contributed by atoms with Gasteiger partial charge in [0.05, 0.1) is 6.10 Å². The Morgan fingerprint density at radius 3 is 2.53 bits per heavy atom. The van der Waals surface area contributed by atoms with Crippen LogP contribution in [0.3, 0.4) is 0 Å². The van der Waals surface area contributed by atoms with Crippen LogP contribution in [0.25, 0.3) is 11.1 Å². The molecule has 0 aromatic heterocycles. The van der Waals surface area contributed by atoms with Crippen molar-refractivity contribution in [2.75, 3.05) is 6.61 Å². The van der Waals surface area contributed by atoms with Crippen LogP contribution in [0.15, 0.2) is 48.5 Å². The lowest BCUT2D eigenvalue weighted by atomic mass is 9.98. The molecule has 2 aromatic carbocycles. The maximum atomic E-state index is 5.72. The van der Waals surface area contributed by atoms with Gasteiger partial charge in [0.15, 0.2) is 0 Å². The Bertz CT molecular complexity index is 541. The zero-order chi connectivity index (χ0) is 13.1. The highest BCUT2D eigenvalue weighted by Gasteiger charge is 2.17. The van der Waals surface area contributed by atoms with Crippen LogP contribution in [0.5, 0.6) is 0 Å². The Kier molecular flexibility index (Phi) is 4.00. The van der Waals surface area contributed by atoms with Crippen molar-refractivity contribution in [1.82, 2.24) is 0 Å². The van der Waals surface area contributed by atoms with Gasteiger partial charge in [-0.15, -0.1) is 0 Å². The van der Waals surface area contributed by atoms with Crippen molar-refractivity contribution in [3.05, 3.63) is 59.7 Å². The fourth-order valence-electron chi connectivity index (χ4n) is 2.64. The van der Waals surface area contributed by atoms with Crippen LogP contribution in [0.1, 0.15) is 30.1 Å². The van der Waals surface area contributed by atoms with Gasteiger partial charge in [0, 0.05) is 11.9 Å². The van der Waals surface area contributed by atoms with Crippen LogP contribution >= 0.6 is 15.9 Å². The Hall–Kier alpha value is -1.12. The molecule has 1 heterocycles. The van der Waals surface area contributed by atoms with E-state index < -0.39 is 0 Å². The van der Waals surface area contributed by atoms with E-state index in [4.69, 9.17) is 4.74 Å². The van der Waals surface area contributed by atoms with Crippen molar-refractivity contribution in [3.8, 4) is 11.1 Å². The Labute approximate surface area is 122 Å². The summed E-state index contributed by atoms with van der Waals surface area (Å²) < 4.78 is 5.72. The molecule has 0 saturated carbocycles. The van der Waals surface area contributed by atoms with Crippen molar-refractivity contribution in [3.63, 3.8) is 0 Å². The van der Waals surface area contributed by atoms with E-state index in [0.717, 1.165) is 18.4 Å². The fraction of sp³-hybridized carbons (Fsp3) is 0.294. The van der Waals surface area contributed by atoms with Gasteiger partial charge in [-0.3, -0.25) is 0 Å². The summed E-state index contributed by atoms with van der Waals surface area (Å²) in [5.74, 6) is 0. The molecule has 1 aliphatic rings. The maximum absolute atomic E-state index is 5.72. The van der Waals surface area contributed by atoms with Crippen molar-refractivity contribution in [2.24, 2.45) is 0 Å². The molecule has 0 N–H and O–H groups in total. The van der Waals surface area contributed by atoms with Crippen LogP contribution in [0.4, 0.5) is 0 Å². The summed E-state index contributed by atoms with van der Waals surface area (Å²) in [6.45, 7) is 0.902. The van der Waals surface area contributed by atoms with Gasteiger partial charge in [0.2, 0.25) is 0 Å². The second-order valence-electron chi connectivity index (χ2n) is 4.91. The molecule has 1 fully saturated rings. The van der Waals surface area contributed by atoms with E-state index in [2.05, 4.69) is 64.5 Å². The zero-order valence-corrected chi connectivity index (χ0v) is 12.4. The van der Waals surface area contributed by atoms with Crippen LogP contribution in [-0.2, 0) is 10.1 Å². The first-order valence-electron chi connectivity index (χ1n) is 6.74. The van der Waals surface area contributed by atoms with E-state index in [1.165, 1.54) is 28.7 Å². The number of hydrogen-bond donors (Lipinski definition) is 0. The van der Waals surface area contributed by atoms with Gasteiger partial charge >= 0.3 is 0 Å². The van der Waals surface area contributed by atoms with E-state index in [-0.39, 0.29) is 0 Å². The molecule has 1 unspecified atom stereocenters. The lowest BCUT2D eigenvalue weighted by Crippen LogP contribution is -1.95. The molecule has 98 valence electrons. The average Bonchev–Trinajstić information content (AvgIpc) is 3.02. The summed E-state index contributed by atoms with van der Waals surface area (Å²) in [7, 11) is 0. The number of alkyl halides is 1. The summed E-state index contributed by atoms with van der Waals surface area (Å²) in [4.78, 5) is 0. The third kappa shape index (κ3) is 2.75. The maximum Gasteiger partial charge on any atom is 0.0825 e. The van der Waals surface area contributed by atoms with Crippen LogP contribution in [0, 0.1) is 0 Å². The SMILES string of the molecule is BrCc1ccccc1-c1ccc(C2CCCO2)cc1. The summed E-state index contributed by atoms with van der Waals surface area (Å²) in [6, 6.07) is 17.3. The normalized spacial score (nSPS) is 18.7.